The number of carbonyl (C=O) groups is 2. The van der Waals surface area contributed by atoms with E-state index in [4.69, 9.17) is 5.73 Å². The second-order valence-corrected chi connectivity index (χ2v) is 4.99. The number of hydrogen-bond acceptors (Lipinski definition) is 3. The number of phenolic OH excluding ortho intramolecular Hbond substituents is 1. The zero-order chi connectivity index (χ0) is 14.0. The molecule has 5 nitrogen and oxygen atoms in total. The maximum absolute atomic E-state index is 12.4. The first-order valence-corrected chi connectivity index (χ1v) is 6.37. The number of nitrogens with two attached hydrogens (primary N) is 1. The zero-order valence-corrected chi connectivity index (χ0v) is 10.9. The van der Waals surface area contributed by atoms with Gasteiger partial charge in [-0.1, -0.05) is 0 Å². The number of rotatable bonds is 2. The Labute approximate surface area is 112 Å². The van der Waals surface area contributed by atoms with Gasteiger partial charge in [0, 0.05) is 18.7 Å². The molecule has 5 heteroatoms. The molecule has 102 valence electrons. The van der Waals surface area contributed by atoms with Gasteiger partial charge in [-0.2, -0.15) is 0 Å². The molecule has 1 unspecified atom stereocenters. The number of phenols is 1. The number of carbonyl (C=O) groups excluding carboxylic acids is 2. The van der Waals surface area contributed by atoms with Gasteiger partial charge in [0.05, 0.1) is 5.92 Å². The molecule has 0 spiro atoms. The van der Waals surface area contributed by atoms with E-state index in [1.165, 1.54) is 6.07 Å². The van der Waals surface area contributed by atoms with Crippen LogP contribution < -0.4 is 5.73 Å². The van der Waals surface area contributed by atoms with Crippen LogP contribution in [-0.2, 0) is 4.79 Å². The van der Waals surface area contributed by atoms with Crippen LogP contribution in [0.1, 0.15) is 28.8 Å². The summed E-state index contributed by atoms with van der Waals surface area (Å²) in [6, 6.07) is 4.67. The predicted octanol–water partition coefficient (Wildman–Crippen LogP) is 1.04. The van der Waals surface area contributed by atoms with E-state index in [1.807, 2.05) is 0 Å². The molecule has 0 aromatic heterocycles. The minimum atomic E-state index is -0.347. The molecule has 1 aliphatic heterocycles. The number of benzene rings is 1. The van der Waals surface area contributed by atoms with E-state index in [9.17, 15) is 14.7 Å². The van der Waals surface area contributed by atoms with Crippen molar-refractivity contribution in [1.82, 2.24) is 4.90 Å². The lowest BCUT2D eigenvalue weighted by Gasteiger charge is -2.31. The minimum Gasteiger partial charge on any atom is -0.508 e. The summed E-state index contributed by atoms with van der Waals surface area (Å²) < 4.78 is 0. The van der Waals surface area contributed by atoms with E-state index in [0.29, 0.717) is 18.7 Å². The lowest BCUT2D eigenvalue weighted by molar-refractivity contribution is -0.123. The fourth-order valence-corrected chi connectivity index (χ4v) is 2.45. The van der Waals surface area contributed by atoms with Gasteiger partial charge in [-0.25, -0.2) is 0 Å². The van der Waals surface area contributed by atoms with E-state index < -0.39 is 0 Å². The van der Waals surface area contributed by atoms with Gasteiger partial charge < -0.3 is 15.7 Å². The van der Waals surface area contributed by atoms with Crippen LogP contribution in [0.4, 0.5) is 0 Å². The lowest BCUT2D eigenvalue weighted by atomic mass is 9.96. The lowest BCUT2D eigenvalue weighted by Crippen LogP contribution is -2.44. The smallest absolute Gasteiger partial charge is 0.254 e. The Morgan fingerprint density at radius 2 is 2.16 bits per heavy atom. The molecule has 2 amide bonds. The number of aromatic hydroxyl groups is 1. The van der Waals surface area contributed by atoms with E-state index in [1.54, 1.807) is 24.0 Å². The second kappa shape index (κ2) is 5.30. The average molecular weight is 262 g/mol. The first kappa shape index (κ1) is 13.4. The number of likely N-dealkylation sites (tertiary alicyclic amines) is 1. The molecule has 1 heterocycles. The van der Waals surface area contributed by atoms with Crippen LogP contribution in [-0.4, -0.2) is 34.9 Å². The molecule has 1 atom stereocenters. The van der Waals surface area contributed by atoms with Crippen LogP contribution in [0, 0.1) is 12.8 Å². The van der Waals surface area contributed by atoms with Gasteiger partial charge in [0.25, 0.3) is 5.91 Å². The summed E-state index contributed by atoms with van der Waals surface area (Å²) in [5.41, 5.74) is 6.59. The van der Waals surface area contributed by atoms with Crippen LogP contribution in [0.3, 0.4) is 0 Å². The number of hydrogen-bond donors (Lipinski definition) is 2. The fourth-order valence-electron chi connectivity index (χ4n) is 2.45. The summed E-state index contributed by atoms with van der Waals surface area (Å²) >= 11 is 0. The van der Waals surface area contributed by atoms with E-state index in [0.717, 1.165) is 18.4 Å². The Morgan fingerprint density at radius 1 is 1.42 bits per heavy atom. The largest absolute Gasteiger partial charge is 0.508 e. The number of amides is 2. The maximum atomic E-state index is 12.4. The Bertz CT molecular complexity index is 513. The summed E-state index contributed by atoms with van der Waals surface area (Å²) in [7, 11) is 0. The van der Waals surface area contributed by atoms with Crippen molar-refractivity contribution in [2.45, 2.75) is 19.8 Å². The molecule has 0 bridgehead atoms. The number of nitrogens with zero attached hydrogens (tertiary/aromatic N) is 1. The molecule has 1 aliphatic rings. The normalized spacial score (nSPS) is 19.2. The Balaban J connectivity index is 2.17. The van der Waals surface area contributed by atoms with Crippen LogP contribution in [0.25, 0.3) is 0 Å². The highest BCUT2D eigenvalue weighted by atomic mass is 16.3. The van der Waals surface area contributed by atoms with Crippen molar-refractivity contribution in [1.29, 1.82) is 0 Å². The van der Waals surface area contributed by atoms with Gasteiger partial charge in [0.2, 0.25) is 5.91 Å². The quantitative estimate of drug-likeness (QED) is 0.835. The standard InChI is InChI=1S/C14H18N2O3/c1-9-7-11(17)4-5-12(9)14(19)16-6-2-3-10(8-16)13(15)18/h4-5,7,10,17H,2-3,6,8H2,1H3,(H2,15,18). The van der Waals surface area contributed by atoms with Crippen LogP contribution in [0.2, 0.25) is 0 Å². The highest BCUT2D eigenvalue weighted by molar-refractivity contribution is 5.96. The van der Waals surface area contributed by atoms with E-state index in [2.05, 4.69) is 0 Å². The van der Waals surface area contributed by atoms with Crippen molar-refractivity contribution in [2.24, 2.45) is 11.7 Å². The zero-order valence-electron chi connectivity index (χ0n) is 10.9. The summed E-state index contributed by atoms with van der Waals surface area (Å²) in [4.78, 5) is 25.3. The molecule has 0 radical (unpaired) electrons. The maximum Gasteiger partial charge on any atom is 0.254 e. The van der Waals surface area contributed by atoms with Crippen molar-refractivity contribution < 1.29 is 14.7 Å². The molecule has 0 saturated carbocycles. The van der Waals surface area contributed by atoms with Crippen molar-refractivity contribution in [3.8, 4) is 5.75 Å². The molecular weight excluding hydrogens is 244 g/mol. The van der Waals surface area contributed by atoms with Crippen LogP contribution >= 0.6 is 0 Å². The highest BCUT2D eigenvalue weighted by Crippen LogP contribution is 2.21. The Morgan fingerprint density at radius 3 is 2.79 bits per heavy atom. The Hall–Kier alpha value is -2.04. The molecule has 3 N–H and O–H groups in total. The van der Waals surface area contributed by atoms with Gasteiger partial charge in [-0.3, -0.25) is 9.59 Å². The third-order valence-electron chi connectivity index (χ3n) is 3.55. The second-order valence-electron chi connectivity index (χ2n) is 4.99. The number of piperidine rings is 1. The predicted molar refractivity (Wildman–Crippen MR) is 70.7 cm³/mol. The third-order valence-corrected chi connectivity index (χ3v) is 3.55. The van der Waals surface area contributed by atoms with E-state index in [-0.39, 0.29) is 23.5 Å². The molecule has 1 aromatic rings. The van der Waals surface area contributed by atoms with Crippen molar-refractivity contribution in [2.75, 3.05) is 13.1 Å². The SMILES string of the molecule is Cc1cc(O)ccc1C(=O)N1CCCC(C(N)=O)C1. The summed E-state index contributed by atoms with van der Waals surface area (Å²) in [6.07, 6.45) is 1.53. The average Bonchev–Trinajstić information content (AvgIpc) is 2.38. The number of aryl methyl sites for hydroxylation is 1. The molecule has 2 rings (SSSR count). The fraction of sp³-hybridized carbons (Fsp3) is 0.429. The molecule has 0 aliphatic carbocycles. The minimum absolute atomic E-state index is 0.108. The Kier molecular flexibility index (Phi) is 3.74. The van der Waals surface area contributed by atoms with Crippen LogP contribution in [0.5, 0.6) is 5.75 Å². The molecule has 19 heavy (non-hydrogen) atoms. The monoisotopic (exact) mass is 262 g/mol. The summed E-state index contributed by atoms with van der Waals surface area (Å²) in [5.74, 6) is -0.568. The van der Waals surface area contributed by atoms with Gasteiger partial charge >= 0.3 is 0 Å². The third kappa shape index (κ3) is 2.86. The molecule has 1 aromatic carbocycles. The van der Waals surface area contributed by atoms with Crippen molar-refractivity contribution in [3.63, 3.8) is 0 Å². The van der Waals surface area contributed by atoms with Crippen molar-refractivity contribution in [3.05, 3.63) is 29.3 Å². The van der Waals surface area contributed by atoms with Gasteiger partial charge in [-0.05, 0) is 43.5 Å². The highest BCUT2D eigenvalue weighted by Gasteiger charge is 2.28. The molecule has 1 saturated heterocycles. The van der Waals surface area contributed by atoms with E-state index >= 15 is 0 Å². The first-order valence-electron chi connectivity index (χ1n) is 6.37. The summed E-state index contributed by atoms with van der Waals surface area (Å²) in [6.45, 7) is 2.81. The van der Waals surface area contributed by atoms with Crippen LogP contribution in [0.15, 0.2) is 18.2 Å². The van der Waals surface area contributed by atoms with Gasteiger partial charge in [0.1, 0.15) is 5.75 Å². The van der Waals surface area contributed by atoms with Gasteiger partial charge in [-0.15, -0.1) is 0 Å². The molecule has 1 fully saturated rings. The van der Waals surface area contributed by atoms with Gasteiger partial charge in [0.15, 0.2) is 0 Å². The summed E-state index contributed by atoms with van der Waals surface area (Å²) in [5, 5.41) is 9.36. The first-order chi connectivity index (χ1) is 8.99. The van der Waals surface area contributed by atoms with Crippen molar-refractivity contribution >= 4 is 11.8 Å². The topological polar surface area (TPSA) is 83.6 Å². The molecular formula is C14H18N2O3. The number of primary amides is 1.